The van der Waals surface area contributed by atoms with Gasteiger partial charge in [0.15, 0.2) is 11.9 Å². The first-order valence-electron chi connectivity index (χ1n) is 10.7. The molecule has 0 aromatic carbocycles. The van der Waals surface area contributed by atoms with Crippen LogP contribution in [0.3, 0.4) is 0 Å². The van der Waals surface area contributed by atoms with Crippen molar-refractivity contribution in [1.29, 1.82) is 0 Å². The van der Waals surface area contributed by atoms with Gasteiger partial charge in [0.05, 0.1) is 68.8 Å². The normalized spacial score (nSPS) is 12.8. The van der Waals surface area contributed by atoms with Crippen LogP contribution in [0.1, 0.15) is 40.5 Å². The van der Waals surface area contributed by atoms with Gasteiger partial charge in [-0.2, -0.15) is 0 Å². The Hall–Kier alpha value is -1.02. The van der Waals surface area contributed by atoms with Crippen LogP contribution in [0.2, 0.25) is 0 Å². The lowest BCUT2D eigenvalue weighted by Gasteiger charge is -2.34. The van der Waals surface area contributed by atoms with Crippen LogP contribution in [-0.4, -0.2) is 118 Å². The van der Waals surface area contributed by atoms with Gasteiger partial charge in [0.1, 0.15) is 19.6 Å². The summed E-state index contributed by atoms with van der Waals surface area (Å²) >= 11 is 0. The molecule has 3 N–H and O–H groups in total. The third-order valence-corrected chi connectivity index (χ3v) is 5.47. The number of hydrogen-bond donors (Lipinski definition) is 2. The molecular formula is C25H60N4O3. The Morgan fingerprint density at radius 3 is 1.59 bits per heavy atom. The number of aliphatic hydroxyl groups excluding tert-OH is 1. The van der Waals surface area contributed by atoms with E-state index < -0.39 is 0 Å². The molecule has 1 atom stereocenters. The highest BCUT2D eigenvalue weighted by Gasteiger charge is 2.27. The Bertz CT molecular complexity index is 510. The fourth-order valence-electron chi connectivity index (χ4n) is 2.62. The molecule has 0 heterocycles. The van der Waals surface area contributed by atoms with E-state index >= 15 is 0 Å². The molecule has 198 valence electrons. The largest absolute Gasteiger partial charge is 0.382 e. The van der Waals surface area contributed by atoms with E-state index in [2.05, 4.69) is 56.3 Å². The second-order valence-electron chi connectivity index (χ2n) is 11.3. The zero-order valence-electron chi connectivity index (χ0n) is 24.2. The van der Waals surface area contributed by atoms with E-state index in [-0.39, 0.29) is 39.7 Å². The predicted molar refractivity (Wildman–Crippen MR) is 140 cm³/mol. The molecule has 0 aliphatic rings. The summed E-state index contributed by atoms with van der Waals surface area (Å²) in [7, 11) is 14.6. The summed E-state index contributed by atoms with van der Waals surface area (Å²) in [5.41, 5.74) is 4.72. The van der Waals surface area contributed by atoms with Crippen molar-refractivity contribution in [2.45, 2.75) is 46.6 Å². The number of hydrogen-bond acceptors (Lipinski definition) is 3. The van der Waals surface area contributed by atoms with Crippen molar-refractivity contribution in [3.05, 3.63) is 22.3 Å². The lowest BCUT2D eigenvalue weighted by Crippen LogP contribution is -2.52. The predicted octanol–water partition coefficient (Wildman–Crippen LogP) is 2.44. The average Bonchev–Trinajstić information content (AvgIpc) is 2.50. The maximum Gasteiger partial charge on any atom is 0.223 e. The van der Waals surface area contributed by atoms with Gasteiger partial charge in [-0.15, -0.1) is 0 Å². The number of rotatable bonds is 12. The quantitative estimate of drug-likeness (QED) is 0.344. The summed E-state index contributed by atoms with van der Waals surface area (Å²) < 4.78 is 2.19. The van der Waals surface area contributed by atoms with Crippen LogP contribution in [0.5, 0.6) is 0 Å². The Morgan fingerprint density at radius 1 is 0.875 bits per heavy atom. The Kier molecular flexibility index (Phi) is 21.4. The highest BCUT2D eigenvalue weighted by molar-refractivity contribution is 5.80. The van der Waals surface area contributed by atoms with Crippen LogP contribution < -0.4 is 5.73 Å². The molecule has 32 heavy (non-hydrogen) atoms. The van der Waals surface area contributed by atoms with Crippen molar-refractivity contribution in [2.24, 2.45) is 11.1 Å². The van der Waals surface area contributed by atoms with E-state index in [9.17, 15) is 14.7 Å². The van der Waals surface area contributed by atoms with Gasteiger partial charge in [-0.25, -0.2) is 0 Å². The number of amides is 1. The molecule has 0 aromatic rings. The smallest absolute Gasteiger partial charge is 0.223 e. The molecule has 0 aromatic heterocycles. The van der Waals surface area contributed by atoms with E-state index in [1.165, 1.54) is 0 Å². The van der Waals surface area contributed by atoms with Gasteiger partial charge in [0.25, 0.3) is 0 Å². The summed E-state index contributed by atoms with van der Waals surface area (Å²) in [6, 6.07) is 0. The first-order valence-corrected chi connectivity index (χ1v) is 10.7. The molecule has 0 radical (unpaired) electrons. The van der Waals surface area contributed by atoms with Gasteiger partial charge in [-0.1, -0.05) is 20.8 Å². The number of aliphatic hydroxyl groups is 1. The SMILES string of the molecule is CCC(C)(C)C(N)=O.CC[N+](C)(C)CC(=O)CC[N+](C)(C)CC(O)C[N+](C)(C)C.[CH3-].[CH3-].[CH3-]. The third-order valence-electron chi connectivity index (χ3n) is 5.47. The Labute approximate surface area is 202 Å². The summed E-state index contributed by atoms with van der Waals surface area (Å²) in [6.07, 6.45) is 1.06. The molecular weight excluding hydrogens is 404 g/mol. The van der Waals surface area contributed by atoms with Crippen molar-refractivity contribution >= 4 is 11.7 Å². The highest BCUT2D eigenvalue weighted by Crippen LogP contribution is 2.17. The van der Waals surface area contributed by atoms with Crippen LogP contribution in [0.4, 0.5) is 0 Å². The molecule has 0 aliphatic heterocycles. The van der Waals surface area contributed by atoms with Crippen LogP contribution in [0.25, 0.3) is 0 Å². The van der Waals surface area contributed by atoms with E-state index in [1.807, 2.05) is 20.8 Å². The van der Waals surface area contributed by atoms with Crippen molar-refractivity contribution in [2.75, 3.05) is 82.1 Å². The minimum Gasteiger partial charge on any atom is -0.382 e. The van der Waals surface area contributed by atoms with Gasteiger partial charge in [0, 0.05) is 5.41 Å². The van der Waals surface area contributed by atoms with E-state index in [0.717, 1.165) is 35.0 Å². The number of carbonyl (C=O) groups is 2. The Morgan fingerprint density at radius 2 is 1.31 bits per heavy atom. The van der Waals surface area contributed by atoms with E-state index in [0.29, 0.717) is 29.8 Å². The number of ketones is 1. The molecule has 0 aliphatic carbocycles. The van der Waals surface area contributed by atoms with Crippen molar-refractivity contribution < 1.29 is 28.1 Å². The minimum atomic E-state index is -0.335. The number of carbonyl (C=O) groups excluding carboxylic acids is 2. The van der Waals surface area contributed by atoms with Crippen LogP contribution in [0.15, 0.2) is 0 Å². The molecule has 0 fully saturated rings. The second-order valence-corrected chi connectivity index (χ2v) is 11.3. The molecule has 1 unspecified atom stereocenters. The van der Waals surface area contributed by atoms with Gasteiger partial charge in [-0.3, -0.25) is 9.59 Å². The molecule has 0 spiro atoms. The summed E-state index contributed by atoms with van der Waals surface area (Å²) in [4.78, 5) is 22.6. The summed E-state index contributed by atoms with van der Waals surface area (Å²) in [5.74, 6) is 0.0918. The highest BCUT2D eigenvalue weighted by atomic mass is 16.3. The molecule has 7 nitrogen and oxygen atoms in total. The maximum atomic E-state index is 12.1. The second kappa shape index (κ2) is 16.6. The number of nitrogens with two attached hydrogens (primary N) is 1. The number of likely N-dealkylation sites (N-methyl/N-ethyl adjacent to an activating group) is 3. The van der Waals surface area contributed by atoms with Crippen LogP contribution in [-0.2, 0) is 9.59 Å². The molecule has 0 saturated carbocycles. The third kappa shape index (κ3) is 22.2. The van der Waals surface area contributed by atoms with Crippen LogP contribution >= 0.6 is 0 Å². The average molecular weight is 465 g/mol. The minimum absolute atomic E-state index is 0. The zero-order valence-corrected chi connectivity index (χ0v) is 24.2. The van der Waals surface area contributed by atoms with Crippen molar-refractivity contribution in [1.82, 2.24) is 0 Å². The number of Topliss-reactive ketones (excluding diaryl/α,β-unsaturated/α-hetero) is 1. The van der Waals surface area contributed by atoms with Gasteiger partial charge in [-0.05, 0) is 13.3 Å². The molecule has 0 rings (SSSR count). The van der Waals surface area contributed by atoms with Gasteiger partial charge < -0.3 is 46.6 Å². The molecule has 0 bridgehead atoms. The van der Waals surface area contributed by atoms with Crippen LogP contribution in [0, 0.1) is 27.7 Å². The van der Waals surface area contributed by atoms with Gasteiger partial charge >= 0.3 is 0 Å². The fraction of sp³-hybridized carbons (Fsp3) is 0.800. The van der Waals surface area contributed by atoms with Crippen molar-refractivity contribution in [3.8, 4) is 0 Å². The van der Waals surface area contributed by atoms with E-state index in [1.54, 1.807) is 0 Å². The number of primary amides is 1. The zero-order chi connectivity index (χ0) is 23.7. The first kappa shape index (κ1) is 41.3. The summed E-state index contributed by atoms with van der Waals surface area (Å²) in [6.45, 7) is 11.5. The lowest BCUT2D eigenvalue weighted by molar-refractivity contribution is -0.907. The molecule has 0 saturated heterocycles. The topological polar surface area (TPSA) is 80.4 Å². The lowest BCUT2D eigenvalue weighted by atomic mass is 9.90. The standard InChI is InChI=1S/C16H38N3O2.C6H13NO.3CH3/c1-9-18(5,6)13-15(20)10-11-19(7,8)14-16(21)12-17(2,3)4;1-4-6(2,3)5(7)8;;;/h16,21H,9-14H2,1-8H3;4H2,1-3H3,(H2,7,8);3*1H3/q+3;;3*-1. The Balaban J connectivity index is -0.000000190. The number of nitrogens with zero attached hydrogens (tertiary/aromatic N) is 3. The van der Waals surface area contributed by atoms with Gasteiger partial charge in [0.2, 0.25) is 5.91 Å². The fourth-order valence-corrected chi connectivity index (χ4v) is 2.62. The maximum absolute atomic E-state index is 12.1. The number of quaternary nitrogens is 3. The van der Waals surface area contributed by atoms with E-state index in [4.69, 9.17) is 5.73 Å². The summed E-state index contributed by atoms with van der Waals surface area (Å²) in [5, 5.41) is 10.2. The monoisotopic (exact) mass is 464 g/mol. The van der Waals surface area contributed by atoms with Crippen molar-refractivity contribution in [3.63, 3.8) is 0 Å². The first-order chi connectivity index (χ1) is 12.8. The molecule has 1 amide bonds. The molecule has 7 heteroatoms.